The lowest BCUT2D eigenvalue weighted by Crippen LogP contribution is -2.34. The summed E-state index contributed by atoms with van der Waals surface area (Å²) in [6.45, 7) is 13.8. The number of carbonyl (C=O) groups is 1. The largest absolute Gasteiger partial charge is 0.444 e. The van der Waals surface area contributed by atoms with Gasteiger partial charge in [0, 0.05) is 6.54 Å². The fourth-order valence-corrected chi connectivity index (χ4v) is 2.19. The first-order chi connectivity index (χ1) is 10.1. The maximum Gasteiger partial charge on any atom is 0.407 e. The summed E-state index contributed by atoms with van der Waals surface area (Å²) in [7, 11) is 0. The highest BCUT2D eigenvalue weighted by Gasteiger charge is 2.29. The van der Waals surface area contributed by atoms with Crippen LogP contribution >= 0.6 is 0 Å². The van der Waals surface area contributed by atoms with E-state index in [1.165, 1.54) is 0 Å². The van der Waals surface area contributed by atoms with Gasteiger partial charge in [0.2, 0.25) is 0 Å². The molecule has 0 saturated heterocycles. The van der Waals surface area contributed by atoms with E-state index in [4.69, 9.17) is 4.74 Å². The smallest absolute Gasteiger partial charge is 0.407 e. The molecule has 4 heteroatoms. The van der Waals surface area contributed by atoms with Crippen molar-refractivity contribution >= 4 is 6.09 Å². The normalized spacial score (nSPS) is 16.2. The Bertz CT molecular complexity index is 399. The van der Waals surface area contributed by atoms with E-state index in [2.05, 4.69) is 5.32 Å². The number of hydrogen-bond acceptors (Lipinski definition) is 3. The van der Waals surface area contributed by atoms with E-state index in [0.717, 1.165) is 24.0 Å². The maximum absolute atomic E-state index is 11.5. The Morgan fingerprint density at radius 2 is 1.59 bits per heavy atom. The van der Waals surface area contributed by atoms with Gasteiger partial charge in [-0.25, -0.2) is 4.79 Å². The number of hydrogen-bond donors (Lipinski definition) is 2. The van der Waals surface area contributed by atoms with Gasteiger partial charge < -0.3 is 15.2 Å². The monoisotopic (exact) mass is 311 g/mol. The zero-order chi connectivity index (χ0) is 17.4. The first-order valence-electron chi connectivity index (χ1n) is 8.03. The summed E-state index contributed by atoms with van der Waals surface area (Å²) in [6, 6.07) is 0. The Hall–Kier alpha value is -1.29. The predicted octanol–water partition coefficient (Wildman–Crippen LogP) is 4.34. The molecule has 2 N–H and O–H groups in total. The number of allylic oxidation sites excluding steroid dienone is 2. The van der Waals surface area contributed by atoms with Gasteiger partial charge in [0.25, 0.3) is 0 Å². The molecule has 128 valence electrons. The molecule has 0 spiro atoms. The summed E-state index contributed by atoms with van der Waals surface area (Å²) in [6.07, 6.45) is 5.78. The molecule has 4 nitrogen and oxygen atoms in total. The maximum atomic E-state index is 11.5. The van der Waals surface area contributed by atoms with Crippen LogP contribution in [-0.2, 0) is 4.74 Å². The molecule has 0 atom stereocenters. The molecule has 0 heterocycles. The fraction of sp³-hybridized carbons (Fsp3) is 0.722. The van der Waals surface area contributed by atoms with Crippen LogP contribution < -0.4 is 5.32 Å². The van der Waals surface area contributed by atoms with Crippen LogP contribution in [0.3, 0.4) is 0 Å². The molecule has 1 amide bonds. The molecule has 0 rings (SSSR count). The van der Waals surface area contributed by atoms with E-state index in [1.54, 1.807) is 0 Å². The molecule has 0 aliphatic carbocycles. The van der Waals surface area contributed by atoms with E-state index in [9.17, 15) is 9.90 Å². The Labute approximate surface area is 135 Å². The molecule has 0 aliphatic rings. The zero-order valence-electron chi connectivity index (χ0n) is 15.2. The van der Waals surface area contributed by atoms with Crippen LogP contribution in [0.15, 0.2) is 23.3 Å². The average molecular weight is 311 g/mol. The molecule has 0 aliphatic heterocycles. The number of ether oxygens (including phenoxy) is 1. The van der Waals surface area contributed by atoms with E-state index in [-0.39, 0.29) is 0 Å². The van der Waals surface area contributed by atoms with Gasteiger partial charge in [-0.2, -0.15) is 0 Å². The Kier molecular flexibility index (Phi) is 8.46. The number of rotatable bonds is 7. The Morgan fingerprint density at radius 1 is 1.09 bits per heavy atom. The molecule has 0 unspecified atom stereocenters. The van der Waals surface area contributed by atoms with Crippen molar-refractivity contribution in [1.82, 2.24) is 5.32 Å². The third kappa shape index (κ3) is 7.12. The second-order valence-corrected chi connectivity index (χ2v) is 6.69. The number of nitrogens with one attached hydrogen (secondary N) is 1. The summed E-state index contributed by atoms with van der Waals surface area (Å²) < 4.78 is 5.18. The number of alkyl carbamates (subject to hydrolysis) is 1. The van der Waals surface area contributed by atoms with Gasteiger partial charge in [-0.05, 0) is 78.9 Å². The minimum atomic E-state index is -0.880. The number of unbranched alkanes of at least 4 members (excludes halogenated alkanes) is 1. The zero-order valence-corrected chi connectivity index (χ0v) is 15.2. The lowest BCUT2D eigenvalue weighted by molar-refractivity contribution is 0.0525. The molecule has 0 bridgehead atoms. The lowest BCUT2D eigenvalue weighted by Gasteiger charge is -2.30. The molecule has 0 saturated carbocycles. The van der Waals surface area contributed by atoms with Crippen molar-refractivity contribution < 1.29 is 14.6 Å². The molecule has 0 aromatic rings. The third-order valence-corrected chi connectivity index (χ3v) is 3.80. The first kappa shape index (κ1) is 20.7. The van der Waals surface area contributed by atoms with Gasteiger partial charge in [0.15, 0.2) is 0 Å². The molecule has 0 fully saturated rings. The second-order valence-electron chi connectivity index (χ2n) is 6.69. The molecule has 0 radical (unpaired) electrons. The lowest BCUT2D eigenvalue weighted by atomic mass is 9.82. The van der Waals surface area contributed by atoms with Crippen LogP contribution in [0.1, 0.15) is 67.7 Å². The second kappa shape index (κ2) is 8.99. The number of aliphatic hydroxyl groups is 1. The third-order valence-electron chi connectivity index (χ3n) is 3.80. The predicted molar refractivity (Wildman–Crippen MR) is 91.9 cm³/mol. The quantitative estimate of drug-likeness (QED) is 0.543. The van der Waals surface area contributed by atoms with E-state index in [0.29, 0.717) is 13.0 Å². The van der Waals surface area contributed by atoms with Crippen LogP contribution in [0, 0.1) is 0 Å². The summed E-state index contributed by atoms with van der Waals surface area (Å²) >= 11 is 0. The van der Waals surface area contributed by atoms with E-state index in [1.807, 2.05) is 60.6 Å². The van der Waals surface area contributed by atoms with Crippen LogP contribution in [0.5, 0.6) is 0 Å². The fourth-order valence-electron chi connectivity index (χ4n) is 2.19. The SMILES string of the molecule is C/C=C(\C)C(O)(CCCCNC(=O)OC(C)(C)C)/C(C)=C/C. The minimum absolute atomic E-state index is 0.392. The van der Waals surface area contributed by atoms with Crippen LogP contribution in [-0.4, -0.2) is 28.9 Å². The van der Waals surface area contributed by atoms with Gasteiger partial charge in [0.05, 0.1) is 0 Å². The molecule has 0 aromatic heterocycles. The van der Waals surface area contributed by atoms with Gasteiger partial charge in [-0.1, -0.05) is 12.2 Å². The van der Waals surface area contributed by atoms with Crippen LogP contribution in [0.25, 0.3) is 0 Å². The van der Waals surface area contributed by atoms with Crippen molar-refractivity contribution in [2.45, 2.75) is 78.9 Å². The summed E-state index contributed by atoms with van der Waals surface area (Å²) in [4.78, 5) is 11.5. The molecular weight excluding hydrogens is 278 g/mol. The standard InChI is InChI=1S/C18H33NO3/c1-8-14(3)18(21,15(4)9-2)12-10-11-13-19-16(20)22-17(5,6)7/h8-9,21H,10-13H2,1-7H3,(H,19,20)/b14-8+,15-9+. The Morgan fingerprint density at radius 3 is 2.00 bits per heavy atom. The van der Waals surface area contributed by atoms with Crippen molar-refractivity contribution in [3.8, 4) is 0 Å². The van der Waals surface area contributed by atoms with Gasteiger partial charge in [-0.15, -0.1) is 0 Å². The highest BCUT2D eigenvalue weighted by Crippen LogP contribution is 2.30. The van der Waals surface area contributed by atoms with E-state index < -0.39 is 17.3 Å². The highest BCUT2D eigenvalue weighted by atomic mass is 16.6. The van der Waals surface area contributed by atoms with Gasteiger partial charge in [0.1, 0.15) is 11.2 Å². The molecular formula is C18H33NO3. The van der Waals surface area contributed by atoms with Crippen LogP contribution in [0.4, 0.5) is 4.79 Å². The molecule has 0 aromatic carbocycles. The van der Waals surface area contributed by atoms with E-state index >= 15 is 0 Å². The molecule has 22 heavy (non-hydrogen) atoms. The summed E-state index contributed by atoms with van der Waals surface area (Å²) in [5, 5.41) is 13.6. The van der Waals surface area contributed by atoms with Crippen molar-refractivity contribution in [3.05, 3.63) is 23.3 Å². The minimum Gasteiger partial charge on any atom is -0.444 e. The first-order valence-corrected chi connectivity index (χ1v) is 8.03. The van der Waals surface area contributed by atoms with Gasteiger partial charge >= 0.3 is 6.09 Å². The van der Waals surface area contributed by atoms with Crippen molar-refractivity contribution in [2.75, 3.05) is 6.54 Å². The average Bonchev–Trinajstić information content (AvgIpc) is 2.42. The highest BCUT2D eigenvalue weighted by molar-refractivity contribution is 5.67. The number of amides is 1. The summed E-state index contributed by atoms with van der Waals surface area (Å²) in [5.74, 6) is 0. The topological polar surface area (TPSA) is 58.6 Å². The van der Waals surface area contributed by atoms with Crippen LogP contribution in [0.2, 0.25) is 0 Å². The van der Waals surface area contributed by atoms with Crippen molar-refractivity contribution in [1.29, 1.82) is 0 Å². The Balaban J connectivity index is 4.30. The van der Waals surface area contributed by atoms with Gasteiger partial charge in [-0.3, -0.25) is 0 Å². The van der Waals surface area contributed by atoms with Crippen molar-refractivity contribution in [2.24, 2.45) is 0 Å². The van der Waals surface area contributed by atoms with Crippen molar-refractivity contribution in [3.63, 3.8) is 0 Å². The number of carbonyl (C=O) groups excluding carboxylic acids is 1. The summed E-state index contributed by atoms with van der Waals surface area (Å²) in [5.41, 5.74) is 0.567.